The van der Waals surface area contributed by atoms with E-state index < -0.39 is 6.09 Å². The standard InChI is InChI=1S/C12H18N2O3/c1-9(2)4-5-17-11-6-10(7-13-8-11)14(3)12(15)16/h6-9H,4-5H2,1-3H3,(H,15,16). The highest BCUT2D eigenvalue weighted by Gasteiger charge is 2.09. The highest BCUT2D eigenvalue weighted by molar-refractivity contribution is 5.85. The SMILES string of the molecule is CC(C)CCOc1cncc(N(C)C(=O)O)c1. The Balaban J connectivity index is 2.63. The van der Waals surface area contributed by atoms with Gasteiger partial charge in [-0.05, 0) is 12.3 Å². The largest absolute Gasteiger partial charge is 0.492 e. The molecule has 1 N–H and O–H groups in total. The van der Waals surface area contributed by atoms with Gasteiger partial charge in [0.1, 0.15) is 5.75 Å². The smallest absolute Gasteiger partial charge is 0.411 e. The van der Waals surface area contributed by atoms with E-state index in [0.29, 0.717) is 24.0 Å². The molecule has 1 amide bonds. The molecule has 0 aliphatic carbocycles. The minimum Gasteiger partial charge on any atom is -0.492 e. The third-order valence-electron chi connectivity index (χ3n) is 2.34. The van der Waals surface area contributed by atoms with Crippen LogP contribution in [0.4, 0.5) is 10.5 Å². The summed E-state index contributed by atoms with van der Waals surface area (Å²) in [6.07, 6.45) is 3.01. The molecular weight excluding hydrogens is 220 g/mol. The van der Waals surface area contributed by atoms with Crippen molar-refractivity contribution < 1.29 is 14.6 Å². The Morgan fingerprint density at radius 1 is 1.53 bits per heavy atom. The summed E-state index contributed by atoms with van der Waals surface area (Å²) in [5, 5.41) is 8.83. The van der Waals surface area contributed by atoms with Crippen LogP contribution in [0.25, 0.3) is 0 Å². The van der Waals surface area contributed by atoms with E-state index in [2.05, 4.69) is 18.8 Å². The number of pyridine rings is 1. The third kappa shape index (κ3) is 4.30. The zero-order valence-corrected chi connectivity index (χ0v) is 10.4. The summed E-state index contributed by atoms with van der Waals surface area (Å²) >= 11 is 0. The first-order valence-electron chi connectivity index (χ1n) is 5.55. The van der Waals surface area contributed by atoms with E-state index in [9.17, 15) is 4.79 Å². The van der Waals surface area contributed by atoms with Crippen LogP contribution in [0.2, 0.25) is 0 Å². The molecule has 0 aliphatic heterocycles. The molecule has 1 heterocycles. The first-order chi connectivity index (χ1) is 8.00. The van der Waals surface area contributed by atoms with Crippen LogP contribution >= 0.6 is 0 Å². The number of aromatic nitrogens is 1. The summed E-state index contributed by atoms with van der Waals surface area (Å²) < 4.78 is 5.51. The molecule has 5 nitrogen and oxygen atoms in total. The molecule has 0 spiro atoms. The van der Waals surface area contributed by atoms with Crippen molar-refractivity contribution in [3.63, 3.8) is 0 Å². The van der Waals surface area contributed by atoms with Gasteiger partial charge in [-0.15, -0.1) is 0 Å². The van der Waals surface area contributed by atoms with Gasteiger partial charge in [0.15, 0.2) is 0 Å². The second kappa shape index (κ2) is 6.08. The lowest BCUT2D eigenvalue weighted by atomic mass is 10.1. The van der Waals surface area contributed by atoms with Crippen molar-refractivity contribution >= 4 is 11.8 Å². The van der Waals surface area contributed by atoms with E-state index >= 15 is 0 Å². The van der Waals surface area contributed by atoms with Crippen LogP contribution in [0.5, 0.6) is 5.75 Å². The number of nitrogens with zero attached hydrogens (tertiary/aromatic N) is 2. The maximum atomic E-state index is 10.8. The maximum Gasteiger partial charge on any atom is 0.411 e. The van der Waals surface area contributed by atoms with Crippen LogP contribution in [-0.2, 0) is 0 Å². The number of ether oxygens (including phenoxy) is 1. The van der Waals surface area contributed by atoms with Gasteiger partial charge < -0.3 is 9.84 Å². The molecule has 1 rings (SSSR count). The number of anilines is 1. The summed E-state index contributed by atoms with van der Waals surface area (Å²) in [5.74, 6) is 1.17. The zero-order valence-electron chi connectivity index (χ0n) is 10.4. The Bertz CT molecular complexity index is 380. The fraction of sp³-hybridized carbons (Fsp3) is 0.500. The van der Waals surface area contributed by atoms with E-state index in [0.717, 1.165) is 11.3 Å². The normalized spacial score (nSPS) is 10.4. The second-order valence-corrected chi connectivity index (χ2v) is 4.25. The first-order valence-corrected chi connectivity index (χ1v) is 5.55. The lowest BCUT2D eigenvalue weighted by molar-refractivity contribution is 0.203. The van der Waals surface area contributed by atoms with Crippen LogP contribution in [0, 0.1) is 5.92 Å². The number of carboxylic acid groups (broad SMARTS) is 1. The topological polar surface area (TPSA) is 62.7 Å². The summed E-state index contributed by atoms with van der Waals surface area (Å²) in [5.41, 5.74) is 0.500. The molecule has 0 fully saturated rings. The lowest BCUT2D eigenvalue weighted by Crippen LogP contribution is -2.23. The average Bonchev–Trinajstić information content (AvgIpc) is 2.28. The molecule has 0 aromatic carbocycles. The Labute approximate surface area is 101 Å². The van der Waals surface area contributed by atoms with Gasteiger partial charge >= 0.3 is 6.09 Å². The van der Waals surface area contributed by atoms with Gasteiger partial charge in [-0.3, -0.25) is 9.88 Å². The highest BCUT2D eigenvalue weighted by Crippen LogP contribution is 2.18. The summed E-state index contributed by atoms with van der Waals surface area (Å²) in [6, 6.07) is 1.67. The van der Waals surface area contributed by atoms with Gasteiger partial charge in [0.2, 0.25) is 0 Å². The number of rotatable bonds is 5. The predicted molar refractivity (Wildman–Crippen MR) is 65.6 cm³/mol. The molecule has 5 heteroatoms. The van der Waals surface area contributed by atoms with E-state index in [1.54, 1.807) is 12.3 Å². The molecule has 1 aromatic heterocycles. The molecule has 0 saturated heterocycles. The molecule has 94 valence electrons. The van der Waals surface area contributed by atoms with Gasteiger partial charge in [0.25, 0.3) is 0 Å². The van der Waals surface area contributed by atoms with Gasteiger partial charge in [0.05, 0.1) is 24.7 Å². The van der Waals surface area contributed by atoms with Crippen LogP contribution in [0.15, 0.2) is 18.5 Å². The molecule has 0 saturated carbocycles. The summed E-state index contributed by atoms with van der Waals surface area (Å²) in [4.78, 5) is 15.8. The van der Waals surface area contributed by atoms with E-state index in [1.165, 1.54) is 13.2 Å². The second-order valence-electron chi connectivity index (χ2n) is 4.25. The zero-order chi connectivity index (χ0) is 12.8. The fourth-order valence-corrected chi connectivity index (χ4v) is 1.19. The van der Waals surface area contributed by atoms with Gasteiger partial charge in [-0.1, -0.05) is 13.8 Å². The molecule has 1 aromatic rings. The van der Waals surface area contributed by atoms with E-state index in [4.69, 9.17) is 9.84 Å². The van der Waals surface area contributed by atoms with Crippen molar-refractivity contribution in [1.82, 2.24) is 4.98 Å². The van der Waals surface area contributed by atoms with Crippen molar-refractivity contribution in [1.29, 1.82) is 0 Å². The quantitative estimate of drug-likeness (QED) is 0.856. The average molecular weight is 238 g/mol. The van der Waals surface area contributed by atoms with Gasteiger partial charge in [-0.2, -0.15) is 0 Å². The van der Waals surface area contributed by atoms with Crippen LogP contribution in [-0.4, -0.2) is 29.8 Å². The molecule has 0 unspecified atom stereocenters. The molecule has 0 radical (unpaired) electrons. The van der Waals surface area contributed by atoms with Crippen LogP contribution < -0.4 is 9.64 Å². The number of amides is 1. The molecule has 17 heavy (non-hydrogen) atoms. The molecular formula is C12H18N2O3. The fourth-order valence-electron chi connectivity index (χ4n) is 1.19. The lowest BCUT2D eigenvalue weighted by Gasteiger charge is -2.14. The van der Waals surface area contributed by atoms with E-state index in [1.807, 2.05) is 0 Å². The van der Waals surface area contributed by atoms with Crippen molar-refractivity contribution in [2.75, 3.05) is 18.6 Å². The van der Waals surface area contributed by atoms with Crippen LogP contribution in [0.1, 0.15) is 20.3 Å². The number of hydrogen-bond acceptors (Lipinski definition) is 3. The highest BCUT2D eigenvalue weighted by atomic mass is 16.5. The minimum atomic E-state index is -1.02. The number of carbonyl (C=O) groups is 1. The Morgan fingerprint density at radius 2 is 2.24 bits per heavy atom. The molecule has 0 bridgehead atoms. The minimum absolute atomic E-state index is 0.500. The monoisotopic (exact) mass is 238 g/mol. The third-order valence-corrected chi connectivity index (χ3v) is 2.34. The van der Waals surface area contributed by atoms with Crippen molar-refractivity contribution in [2.45, 2.75) is 20.3 Å². The number of hydrogen-bond donors (Lipinski definition) is 1. The Kier molecular flexibility index (Phi) is 4.75. The van der Waals surface area contributed by atoms with Crippen molar-refractivity contribution in [3.05, 3.63) is 18.5 Å². The van der Waals surface area contributed by atoms with Crippen molar-refractivity contribution in [2.24, 2.45) is 5.92 Å². The Morgan fingerprint density at radius 3 is 2.82 bits per heavy atom. The van der Waals surface area contributed by atoms with E-state index in [-0.39, 0.29) is 0 Å². The van der Waals surface area contributed by atoms with Crippen molar-refractivity contribution in [3.8, 4) is 5.75 Å². The molecule has 0 aliphatic rings. The Hall–Kier alpha value is -1.78. The van der Waals surface area contributed by atoms with Crippen LogP contribution in [0.3, 0.4) is 0 Å². The molecule has 0 atom stereocenters. The van der Waals surface area contributed by atoms with Gasteiger partial charge in [-0.25, -0.2) is 4.79 Å². The summed E-state index contributed by atoms with van der Waals surface area (Å²) in [6.45, 7) is 4.85. The van der Waals surface area contributed by atoms with Gasteiger partial charge in [0, 0.05) is 13.1 Å². The predicted octanol–water partition coefficient (Wildman–Crippen LogP) is 2.62. The maximum absolute atomic E-state index is 10.8. The first kappa shape index (κ1) is 13.3. The summed E-state index contributed by atoms with van der Waals surface area (Å²) in [7, 11) is 1.47.